The third kappa shape index (κ3) is 3.00. The van der Waals surface area contributed by atoms with Gasteiger partial charge in [0.25, 0.3) is 0 Å². The third-order valence-corrected chi connectivity index (χ3v) is 2.26. The van der Waals surface area contributed by atoms with Crippen LogP contribution in [0.25, 0.3) is 6.08 Å². The van der Waals surface area contributed by atoms with Crippen LogP contribution in [0.5, 0.6) is 0 Å². The summed E-state index contributed by atoms with van der Waals surface area (Å²) in [5, 5.41) is 8.80. The van der Waals surface area contributed by atoms with E-state index in [1.54, 1.807) is 12.2 Å². The first-order chi connectivity index (χ1) is 7.56. The van der Waals surface area contributed by atoms with Gasteiger partial charge >= 0.3 is 5.97 Å². The second kappa shape index (κ2) is 5.55. The van der Waals surface area contributed by atoms with Gasteiger partial charge in [0.1, 0.15) is 5.82 Å². The van der Waals surface area contributed by atoms with Crippen molar-refractivity contribution in [1.29, 1.82) is 0 Å². The summed E-state index contributed by atoms with van der Waals surface area (Å²) in [6.07, 6.45) is 4.08. The van der Waals surface area contributed by atoms with Crippen molar-refractivity contribution < 1.29 is 14.3 Å². The number of nitrogens with two attached hydrogens (primary N) is 1. The number of hydrogen-bond donors (Lipinski definition) is 3. The summed E-state index contributed by atoms with van der Waals surface area (Å²) in [4.78, 5) is 10.8. The number of rotatable bonds is 4. The van der Waals surface area contributed by atoms with Crippen LogP contribution in [0.15, 0.2) is 18.2 Å². The lowest BCUT2D eigenvalue weighted by Gasteiger charge is -2.05. The molecule has 3 nitrogen and oxygen atoms in total. The number of anilines is 1. The Balaban J connectivity index is 3.14. The normalized spacial score (nSPS) is 10.9. The van der Waals surface area contributed by atoms with E-state index in [4.69, 9.17) is 10.8 Å². The van der Waals surface area contributed by atoms with Crippen molar-refractivity contribution in [3.8, 4) is 0 Å². The summed E-state index contributed by atoms with van der Waals surface area (Å²) < 4.78 is 13.1. The zero-order chi connectivity index (χ0) is 12.1. The Kier molecular flexibility index (Phi) is 4.37. The van der Waals surface area contributed by atoms with Crippen LogP contribution in [0.2, 0.25) is 0 Å². The molecule has 1 rings (SSSR count). The Labute approximate surface area is 98.2 Å². The second-order valence-electron chi connectivity index (χ2n) is 3.18. The molecule has 0 heterocycles. The van der Waals surface area contributed by atoms with Gasteiger partial charge in [0.2, 0.25) is 0 Å². The topological polar surface area (TPSA) is 63.3 Å². The van der Waals surface area contributed by atoms with Gasteiger partial charge in [-0.1, -0.05) is 12.2 Å². The van der Waals surface area contributed by atoms with Crippen LogP contribution in [0.1, 0.15) is 22.3 Å². The summed E-state index contributed by atoms with van der Waals surface area (Å²) in [6.45, 7) is 0. The first kappa shape index (κ1) is 12.6. The number of benzene rings is 1. The van der Waals surface area contributed by atoms with E-state index >= 15 is 0 Å². The molecule has 0 atom stereocenters. The predicted molar refractivity (Wildman–Crippen MR) is 65.3 cm³/mol. The van der Waals surface area contributed by atoms with Crippen molar-refractivity contribution >= 4 is 30.4 Å². The van der Waals surface area contributed by atoms with E-state index in [0.717, 1.165) is 6.07 Å². The molecule has 0 aliphatic carbocycles. The number of nitrogen functional groups attached to an aromatic ring is 1. The second-order valence-corrected chi connectivity index (χ2v) is 3.62. The van der Waals surface area contributed by atoms with Crippen LogP contribution in [0.3, 0.4) is 0 Å². The standard InChI is InChI=1S/C11H12FNO2S/c12-8-5-7(3-1-2-4-16)10(13)9(6-8)11(14)15/h1,3,5-6,16H,2,4,13H2,(H,14,15). The van der Waals surface area contributed by atoms with Crippen LogP contribution in [0, 0.1) is 5.82 Å². The highest BCUT2D eigenvalue weighted by atomic mass is 32.1. The van der Waals surface area contributed by atoms with Gasteiger partial charge in [0.15, 0.2) is 0 Å². The van der Waals surface area contributed by atoms with E-state index in [-0.39, 0.29) is 11.3 Å². The van der Waals surface area contributed by atoms with Crippen LogP contribution in [-0.2, 0) is 0 Å². The minimum absolute atomic E-state index is 0.0734. The first-order valence-corrected chi connectivity index (χ1v) is 5.29. The van der Waals surface area contributed by atoms with Gasteiger partial charge in [-0.05, 0) is 24.3 Å². The molecule has 1 aromatic carbocycles. The number of aromatic carboxylic acids is 1. The molecule has 86 valence electrons. The van der Waals surface area contributed by atoms with E-state index in [0.29, 0.717) is 17.7 Å². The minimum atomic E-state index is -1.24. The first-order valence-electron chi connectivity index (χ1n) is 4.66. The maximum Gasteiger partial charge on any atom is 0.337 e. The highest BCUT2D eigenvalue weighted by Gasteiger charge is 2.12. The maximum absolute atomic E-state index is 13.1. The van der Waals surface area contributed by atoms with Gasteiger partial charge in [-0.2, -0.15) is 12.6 Å². The molecule has 0 spiro atoms. The van der Waals surface area contributed by atoms with Gasteiger partial charge in [0.05, 0.1) is 11.3 Å². The lowest BCUT2D eigenvalue weighted by atomic mass is 10.1. The van der Waals surface area contributed by atoms with E-state index in [1.165, 1.54) is 6.07 Å². The van der Waals surface area contributed by atoms with Crippen LogP contribution in [-0.4, -0.2) is 16.8 Å². The van der Waals surface area contributed by atoms with Gasteiger partial charge in [-0.15, -0.1) is 0 Å². The molecule has 0 amide bonds. The summed E-state index contributed by atoms with van der Waals surface area (Å²) in [5.74, 6) is -1.18. The Morgan fingerprint density at radius 1 is 1.56 bits per heavy atom. The maximum atomic E-state index is 13.1. The zero-order valence-electron chi connectivity index (χ0n) is 8.48. The highest BCUT2D eigenvalue weighted by molar-refractivity contribution is 7.80. The van der Waals surface area contributed by atoms with Crippen molar-refractivity contribution in [2.75, 3.05) is 11.5 Å². The van der Waals surface area contributed by atoms with Crippen LogP contribution >= 0.6 is 12.6 Å². The lowest BCUT2D eigenvalue weighted by molar-refractivity contribution is 0.0697. The van der Waals surface area contributed by atoms with Crippen molar-refractivity contribution in [2.24, 2.45) is 0 Å². The number of carbonyl (C=O) groups is 1. The summed E-state index contributed by atoms with van der Waals surface area (Å²) in [6, 6.07) is 2.12. The average molecular weight is 241 g/mol. The Hall–Kier alpha value is -1.49. The van der Waals surface area contributed by atoms with Crippen molar-refractivity contribution in [3.05, 3.63) is 35.2 Å². The molecule has 0 radical (unpaired) electrons. The lowest BCUT2D eigenvalue weighted by Crippen LogP contribution is -2.05. The van der Waals surface area contributed by atoms with Crippen molar-refractivity contribution in [3.63, 3.8) is 0 Å². The SMILES string of the molecule is Nc1c(C=CCCS)cc(F)cc1C(=O)O. The minimum Gasteiger partial charge on any atom is -0.478 e. The van der Waals surface area contributed by atoms with Crippen LogP contribution in [0.4, 0.5) is 10.1 Å². The molecule has 0 saturated heterocycles. The number of carboxylic acid groups (broad SMARTS) is 1. The molecule has 0 bridgehead atoms. The number of carboxylic acids is 1. The quantitative estimate of drug-likeness (QED) is 0.560. The number of hydrogen-bond acceptors (Lipinski definition) is 3. The molecule has 0 aliphatic heterocycles. The van der Waals surface area contributed by atoms with E-state index in [9.17, 15) is 9.18 Å². The molecule has 16 heavy (non-hydrogen) atoms. The molecule has 0 unspecified atom stereocenters. The van der Waals surface area contributed by atoms with Crippen molar-refractivity contribution in [1.82, 2.24) is 0 Å². The van der Waals surface area contributed by atoms with Gasteiger partial charge < -0.3 is 10.8 Å². The monoisotopic (exact) mass is 241 g/mol. The molecule has 3 N–H and O–H groups in total. The molecule has 1 aromatic rings. The molecule has 0 aliphatic rings. The van der Waals surface area contributed by atoms with Gasteiger partial charge in [0, 0.05) is 5.56 Å². The summed E-state index contributed by atoms with van der Waals surface area (Å²) >= 11 is 4.02. The smallest absolute Gasteiger partial charge is 0.337 e. The highest BCUT2D eigenvalue weighted by Crippen LogP contribution is 2.21. The fourth-order valence-corrected chi connectivity index (χ4v) is 1.39. The predicted octanol–water partition coefficient (Wildman–Crippen LogP) is 2.44. The molecule has 0 saturated carbocycles. The number of halogens is 1. The number of thiol groups is 1. The average Bonchev–Trinajstić information content (AvgIpc) is 2.22. The molecule has 0 fully saturated rings. The summed E-state index contributed by atoms with van der Waals surface area (Å²) in [5.41, 5.74) is 5.85. The molecular weight excluding hydrogens is 229 g/mol. The van der Waals surface area contributed by atoms with E-state index in [2.05, 4.69) is 12.6 Å². The van der Waals surface area contributed by atoms with Gasteiger partial charge in [-0.25, -0.2) is 9.18 Å². The fourth-order valence-electron chi connectivity index (χ4n) is 1.24. The zero-order valence-corrected chi connectivity index (χ0v) is 9.38. The van der Waals surface area contributed by atoms with Gasteiger partial charge in [-0.3, -0.25) is 0 Å². The number of allylic oxidation sites excluding steroid dienone is 1. The molecular formula is C11H12FNO2S. The third-order valence-electron chi connectivity index (χ3n) is 2.00. The Morgan fingerprint density at radius 3 is 2.81 bits per heavy atom. The summed E-state index contributed by atoms with van der Waals surface area (Å²) in [7, 11) is 0. The van der Waals surface area contributed by atoms with E-state index in [1.807, 2.05) is 0 Å². The Morgan fingerprint density at radius 2 is 2.25 bits per heavy atom. The van der Waals surface area contributed by atoms with Crippen LogP contribution < -0.4 is 5.73 Å². The Bertz CT molecular complexity index is 432. The largest absolute Gasteiger partial charge is 0.478 e. The van der Waals surface area contributed by atoms with Crippen molar-refractivity contribution in [2.45, 2.75) is 6.42 Å². The molecule has 0 aromatic heterocycles. The molecule has 5 heteroatoms. The fraction of sp³-hybridized carbons (Fsp3) is 0.182. The van der Waals surface area contributed by atoms with E-state index < -0.39 is 11.8 Å².